The Kier molecular flexibility index (Phi) is 7.59. The lowest BCUT2D eigenvalue weighted by atomic mass is 10.1. The van der Waals surface area contributed by atoms with E-state index >= 15 is 0 Å². The fourth-order valence-corrected chi connectivity index (χ4v) is 3.89. The third-order valence-corrected chi connectivity index (χ3v) is 5.47. The predicted octanol–water partition coefficient (Wildman–Crippen LogP) is 2.26. The number of nitrogens with zero attached hydrogens (tertiary/aromatic N) is 2. The molecule has 1 unspecified atom stereocenters. The molecule has 0 spiro atoms. The monoisotopic (exact) mass is 460 g/mol. The zero-order valence-corrected chi connectivity index (χ0v) is 18.7. The lowest BCUT2D eigenvalue weighted by Crippen LogP contribution is -2.50. The number of rotatable bonds is 8. The summed E-state index contributed by atoms with van der Waals surface area (Å²) in [5.74, 6) is -0.221. The van der Waals surface area contributed by atoms with Crippen LogP contribution < -0.4 is 14.4 Å². The molecular formula is C23H28N2O8. The van der Waals surface area contributed by atoms with Crippen LogP contribution in [0.15, 0.2) is 36.9 Å². The molecule has 2 heterocycles. The number of amides is 2. The number of carbonyl (C=O) groups excluding carboxylic acids is 3. The Morgan fingerprint density at radius 1 is 1.27 bits per heavy atom. The fourth-order valence-electron chi connectivity index (χ4n) is 3.89. The quantitative estimate of drug-likeness (QED) is 0.357. The van der Waals surface area contributed by atoms with Crippen LogP contribution in [0.25, 0.3) is 0 Å². The van der Waals surface area contributed by atoms with Crippen LogP contribution in [0.2, 0.25) is 0 Å². The van der Waals surface area contributed by atoms with Gasteiger partial charge in [0.2, 0.25) is 0 Å². The molecule has 0 aliphatic carbocycles. The van der Waals surface area contributed by atoms with Gasteiger partial charge in [-0.25, -0.2) is 9.69 Å². The van der Waals surface area contributed by atoms with Gasteiger partial charge in [-0.1, -0.05) is 24.8 Å². The van der Waals surface area contributed by atoms with Crippen LogP contribution in [0.1, 0.15) is 29.6 Å². The number of hydrogen-bond donors (Lipinski definition) is 1. The highest BCUT2D eigenvalue weighted by Crippen LogP contribution is 2.41. The molecule has 2 aliphatic rings. The van der Waals surface area contributed by atoms with Gasteiger partial charge in [-0.05, 0) is 18.9 Å². The largest absolute Gasteiger partial charge is 0.493 e. The molecule has 10 heteroatoms. The molecule has 1 aromatic carbocycles. The van der Waals surface area contributed by atoms with Crippen molar-refractivity contribution in [3.8, 4) is 11.5 Å². The van der Waals surface area contributed by atoms with Gasteiger partial charge in [0.1, 0.15) is 6.61 Å². The zero-order valence-electron chi connectivity index (χ0n) is 18.7. The second kappa shape index (κ2) is 10.4. The van der Waals surface area contributed by atoms with Crippen molar-refractivity contribution in [2.75, 3.05) is 38.9 Å². The van der Waals surface area contributed by atoms with Crippen molar-refractivity contribution in [1.82, 2.24) is 4.90 Å². The minimum absolute atomic E-state index is 0.0700. The van der Waals surface area contributed by atoms with Gasteiger partial charge in [0.05, 0.1) is 38.1 Å². The molecule has 33 heavy (non-hydrogen) atoms. The highest BCUT2D eigenvalue weighted by molar-refractivity contribution is 6.06. The number of fused-ring (bicyclic) bond motifs is 2. The predicted molar refractivity (Wildman–Crippen MR) is 118 cm³/mol. The van der Waals surface area contributed by atoms with Gasteiger partial charge in [-0.3, -0.25) is 9.59 Å². The maximum Gasteiger partial charge on any atom is 0.416 e. The summed E-state index contributed by atoms with van der Waals surface area (Å²) < 4.78 is 21.0. The Labute approximate surface area is 191 Å². The first-order chi connectivity index (χ1) is 15.8. The average molecular weight is 460 g/mol. The molecular weight excluding hydrogens is 432 g/mol. The number of esters is 1. The lowest BCUT2D eigenvalue weighted by Gasteiger charge is -2.31. The Bertz CT molecular complexity index is 960. The molecule has 2 aliphatic heterocycles. The van der Waals surface area contributed by atoms with Crippen LogP contribution in [0.5, 0.6) is 11.5 Å². The standard InChI is InChI=1S/C23H28N2O8/c1-5-8-33-23(29)25-16-12-19(32-9-6-7-20(26)31-4)18(30-3)11-15(16)21(27)24-13-14(2)10-17(24)22(25)28/h5,11-12,17,22,28H,1-2,6-10,13H2,3-4H3/t17-,22?/m0/s1. The first kappa shape index (κ1) is 24.1. The van der Waals surface area contributed by atoms with Gasteiger partial charge in [0, 0.05) is 19.0 Å². The number of ether oxygens (including phenoxy) is 4. The summed E-state index contributed by atoms with van der Waals surface area (Å²) in [7, 11) is 2.73. The second-order valence-corrected chi connectivity index (χ2v) is 7.65. The zero-order chi connectivity index (χ0) is 24.1. The summed E-state index contributed by atoms with van der Waals surface area (Å²) >= 11 is 0. The number of methoxy groups -OCH3 is 2. The summed E-state index contributed by atoms with van der Waals surface area (Å²) in [5.41, 5.74) is 1.05. The number of benzene rings is 1. The molecule has 0 saturated carbocycles. The lowest BCUT2D eigenvalue weighted by molar-refractivity contribution is -0.140. The summed E-state index contributed by atoms with van der Waals surface area (Å²) in [6, 6.07) is 2.25. The van der Waals surface area contributed by atoms with Crippen molar-refractivity contribution in [2.45, 2.75) is 31.5 Å². The van der Waals surface area contributed by atoms with E-state index in [9.17, 15) is 19.5 Å². The van der Waals surface area contributed by atoms with E-state index in [0.717, 1.165) is 10.5 Å². The number of carbonyl (C=O) groups is 3. The first-order valence-electron chi connectivity index (χ1n) is 10.5. The van der Waals surface area contributed by atoms with Crippen molar-refractivity contribution >= 4 is 23.7 Å². The molecule has 2 amide bonds. The summed E-state index contributed by atoms with van der Waals surface area (Å²) in [5, 5.41) is 11.1. The summed E-state index contributed by atoms with van der Waals surface area (Å²) in [4.78, 5) is 40.1. The Morgan fingerprint density at radius 2 is 2.03 bits per heavy atom. The van der Waals surface area contributed by atoms with E-state index in [2.05, 4.69) is 17.9 Å². The van der Waals surface area contributed by atoms with Crippen LogP contribution in [-0.2, 0) is 14.3 Å². The van der Waals surface area contributed by atoms with Gasteiger partial charge in [-0.2, -0.15) is 0 Å². The number of aliphatic hydroxyl groups is 1. The minimum atomic E-state index is -1.37. The van der Waals surface area contributed by atoms with E-state index in [1.54, 1.807) is 0 Å². The van der Waals surface area contributed by atoms with Crippen LogP contribution in [0.4, 0.5) is 10.5 Å². The number of aliphatic hydroxyl groups excluding tert-OH is 1. The molecule has 1 aromatic rings. The van der Waals surface area contributed by atoms with Crippen molar-refractivity contribution in [2.24, 2.45) is 0 Å². The van der Waals surface area contributed by atoms with Crippen molar-refractivity contribution in [1.29, 1.82) is 0 Å². The molecule has 1 N–H and O–H groups in total. The minimum Gasteiger partial charge on any atom is -0.493 e. The second-order valence-electron chi connectivity index (χ2n) is 7.65. The van der Waals surface area contributed by atoms with Crippen molar-refractivity contribution in [3.63, 3.8) is 0 Å². The normalized spacial score (nSPS) is 19.4. The van der Waals surface area contributed by atoms with E-state index < -0.39 is 18.4 Å². The fraction of sp³-hybridized carbons (Fsp3) is 0.435. The molecule has 3 rings (SSSR count). The van der Waals surface area contributed by atoms with Gasteiger partial charge in [0.25, 0.3) is 5.91 Å². The molecule has 10 nitrogen and oxygen atoms in total. The molecule has 178 valence electrons. The van der Waals surface area contributed by atoms with E-state index in [4.69, 9.17) is 14.2 Å². The van der Waals surface area contributed by atoms with Crippen LogP contribution >= 0.6 is 0 Å². The first-order valence-corrected chi connectivity index (χ1v) is 10.5. The van der Waals surface area contributed by atoms with Crippen LogP contribution in [0, 0.1) is 0 Å². The third kappa shape index (κ3) is 4.95. The Hall–Kier alpha value is -3.53. The van der Waals surface area contributed by atoms with Crippen molar-refractivity contribution in [3.05, 3.63) is 42.5 Å². The topological polar surface area (TPSA) is 115 Å². The maximum absolute atomic E-state index is 13.4. The molecule has 2 atom stereocenters. The highest BCUT2D eigenvalue weighted by atomic mass is 16.6. The molecule has 1 saturated heterocycles. The van der Waals surface area contributed by atoms with Crippen LogP contribution in [-0.4, -0.2) is 74.2 Å². The molecule has 1 fully saturated rings. The van der Waals surface area contributed by atoms with E-state index in [-0.39, 0.29) is 60.8 Å². The number of hydrogen-bond acceptors (Lipinski definition) is 8. The number of anilines is 1. The van der Waals surface area contributed by atoms with Gasteiger partial charge >= 0.3 is 12.1 Å². The van der Waals surface area contributed by atoms with E-state index in [0.29, 0.717) is 12.8 Å². The van der Waals surface area contributed by atoms with Gasteiger partial charge < -0.3 is 29.0 Å². The van der Waals surface area contributed by atoms with E-state index in [1.807, 2.05) is 0 Å². The smallest absolute Gasteiger partial charge is 0.416 e. The molecule has 0 bridgehead atoms. The SMILES string of the molecule is C=CCOC(=O)N1c2cc(OCCCC(=O)OC)c(OC)cc2C(=O)N2CC(=C)C[C@H]2C1O. The van der Waals surface area contributed by atoms with Gasteiger partial charge in [0.15, 0.2) is 17.7 Å². The summed E-state index contributed by atoms with van der Waals surface area (Å²) in [6.07, 6.45) is 0.103. The highest BCUT2D eigenvalue weighted by Gasteiger charge is 2.46. The Balaban J connectivity index is 2.01. The van der Waals surface area contributed by atoms with E-state index in [1.165, 1.54) is 37.3 Å². The third-order valence-electron chi connectivity index (χ3n) is 5.47. The average Bonchev–Trinajstić information content (AvgIpc) is 3.18. The van der Waals surface area contributed by atoms with Crippen LogP contribution in [0.3, 0.4) is 0 Å². The molecule has 0 radical (unpaired) electrons. The molecule has 0 aromatic heterocycles. The maximum atomic E-state index is 13.4. The van der Waals surface area contributed by atoms with Gasteiger partial charge in [-0.15, -0.1) is 0 Å². The summed E-state index contributed by atoms with van der Waals surface area (Å²) in [6.45, 7) is 7.82. The van der Waals surface area contributed by atoms with Crippen molar-refractivity contribution < 1.29 is 38.4 Å². The Morgan fingerprint density at radius 3 is 2.70 bits per heavy atom.